The number of hydrogen-bond donors (Lipinski definition) is 1. The van der Waals surface area contributed by atoms with Gasteiger partial charge in [0.25, 0.3) is 0 Å². The van der Waals surface area contributed by atoms with E-state index in [1.807, 2.05) is 24.3 Å². The first-order chi connectivity index (χ1) is 9.63. The van der Waals surface area contributed by atoms with E-state index < -0.39 is 0 Å². The van der Waals surface area contributed by atoms with Gasteiger partial charge < -0.3 is 0 Å². The number of fused-ring (bicyclic) bond motifs is 1. The second-order valence-electron chi connectivity index (χ2n) is 4.05. The third-order valence-corrected chi connectivity index (χ3v) is 4.71. The first-order valence-corrected chi connectivity index (χ1v) is 8.74. The van der Waals surface area contributed by atoms with Crippen LogP contribution in [0.1, 0.15) is 10.4 Å². The first kappa shape index (κ1) is 13.9. The second kappa shape index (κ2) is 5.77. The van der Waals surface area contributed by atoms with Crippen molar-refractivity contribution in [2.75, 3.05) is 5.32 Å². The van der Waals surface area contributed by atoms with Crippen LogP contribution in [0.4, 0.5) is 17.1 Å². The van der Waals surface area contributed by atoms with Crippen LogP contribution >= 0.6 is 31.9 Å². The molecule has 3 rings (SSSR count). The van der Waals surface area contributed by atoms with Crippen LogP contribution < -0.4 is 5.32 Å². The summed E-state index contributed by atoms with van der Waals surface area (Å²) in [5.41, 5.74) is 2.89. The molecule has 20 heavy (non-hydrogen) atoms. The molecule has 1 aliphatic rings. The van der Waals surface area contributed by atoms with Crippen LogP contribution in [-0.2, 0) is 0 Å². The molecule has 1 N–H and O–H groups in total. The van der Waals surface area contributed by atoms with Crippen LogP contribution in [0.5, 0.6) is 0 Å². The zero-order valence-corrected chi connectivity index (χ0v) is 14.8. The van der Waals surface area contributed by atoms with Gasteiger partial charge in [-0.3, -0.25) is 0 Å². The zero-order valence-electron chi connectivity index (χ0n) is 9.93. The van der Waals surface area contributed by atoms with Gasteiger partial charge in [-0.1, -0.05) is 0 Å². The van der Waals surface area contributed by atoms with Crippen molar-refractivity contribution >= 4 is 69.4 Å². The average Bonchev–Trinajstić information content (AvgIpc) is 2.87. The van der Waals surface area contributed by atoms with Crippen LogP contribution in [0.2, 0.25) is 0 Å². The van der Waals surface area contributed by atoms with Crippen LogP contribution in [-0.4, -0.2) is 20.5 Å². The minimum atomic E-state index is -0.171. The summed E-state index contributed by atoms with van der Waals surface area (Å²) in [5, 5.41) is 2.89. The summed E-state index contributed by atoms with van der Waals surface area (Å²) >= 11 is 6.64. The number of carbonyl (C=O) groups is 1. The molecule has 0 fully saturated rings. The third kappa shape index (κ3) is 2.86. The Morgan fingerprint density at radius 3 is 2.60 bits per heavy atom. The molecule has 7 heteroatoms. The molecule has 0 aromatic heterocycles. The summed E-state index contributed by atoms with van der Waals surface area (Å²) in [5.74, 6) is -0.171. The maximum absolute atomic E-state index is 12.3. The van der Waals surface area contributed by atoms with Gasteiger partial charge in [-0.05, 0) is 0 Å². The summed E-state index contributed by atoms with van der Waals surface area (Å²) in [6.07, 6.45) is 0. The van der Waals surface area contributed by atoms with Gasteiger partial charge in [0, 0.05) is 0 Å². The van der Waals surface area contributed by atoms with Crippen molar-refractivity contribution in [1.82, 2.24) is 0 Å². The third-order valence-electron chi connectivity index (χ3n) is 2.66. The first-order valence-electron chi connectivity index (χ1n) is 5.62. The zero-order chi connectivity index (χ0) is 14.1. The Kier molecular flexibility index (Phi) is 4.03. The van der Waals surface area contributed by atoms with Crippen molar-refractivity contribution in [2.24, 2.45) is 7.92 Å². The Labute approximate surface area is 138 Å². The van der Waals surface area contributed by atoms with Crippen molar-refractivity contribution in [3.63, 3.8) is 0 Å². The van der Waals surface area contributed by atoms with E-state index in [0.29, 0.717) is 11.3 Å². The predicted molar refractivity (Wildman–Crippen MR) is 86.2 cm³/mol. The van der Waals surface area contributed by atoms with E-state index in [-0.39, 0.29) is 20.5 Å². The maximum atomic E-state index is 12.3. The fourth-order valence-electron chi connectivity index (χ4n) is 1.79. The number of nitrogens with zero attached hydrogens (tertiary/aromatic N) is 2. The van der Waals surface area contributed by atoms with Crippen LogP contribution in [0, 0.1) is 0 Å². The second-order valence-corrected chi connectivity index (χ2v) is 6.99. The number of rotatable bonds is 2. The molecular weight excluding hydrogens is 453 g/mol. The standard InChI is InChI=1S/C13H7Br2N3OSe/c14-8-4-7(5-9(15)6-8)13(19)16-10-2-1-3-11-12(10)18-20-17-11/h1-6H,(H,16,19). The SMILES string of the molecule is O=C(Nc1cccc2c1N=[Se]=N2)c1cc(Br)cc(Br)c1. The van der Waals surface area contributed by atoms with Crippen LogP contribution in [0.15, 0.2) is 53.3 Å². The molecule has 0 radical (unpaired) electrons. The molecule has 2 aromatic carbocycles. The molecule has 0 saturated carbocycles. The van der Waals surface area contributed by atoms with Crippen molar-refractivity contribution < 1.29 is 4.79 Å². The number of carbonyl (C=O) groups excluding carboxylic acids is 1. The van der Waals surface area contributed by atoms with Crippen molar-refractivity contribution in [3.8, 4) is 0 Å². The van der Waals surface area contributed by atoms with E-state index in [1.54, 1.807) is 12.1 Å². The fourth-order valence-corrected chi connectivity index (χ4v) is 4.23. The molecule has 100 valence electrons. The number of halogens is 2. The van der Waals surface area contributed by atoms with Gasteiger partial charge in [0.15, 0.2) is 0 Å². The summed E-state index contributed by atoms with van der Waals surface area (Å²) in [6.45, 7) is 0. The molecule has 1 aliphatic heterocycles. The summed E-state index contributed by atoms with van der Waals surface area (Å²) in [4.78, 5) is 12.3. The molecule has 0 aliphatic carbocycles. The van der Waals surface area contributed by atoms with Crippen molar-refractivity contribution in [2.45, 2.75) is 0 Å². The Balaban J connectivity index is 1.90. The quantitative estimate of drug-likeness (QED) is 0.549. The molecule has 0 atom stereocenters. The van der Waals surface area contributed by atoms with Gasteiger partial charge in [0.1, 0.15) is 0 Å². The van der Waals surface area contributed by atoms with E-state index in [9.17, 15) is 4.79 Å². The van der Waals surface area contributed by atoms with Gasteiger partial charge in [-0.15, -0.1) is 0 Å². The van der Waals surface area contributed by atoms with E-state index in [1.165, 1.54) is 0 Å². The molecule has 1 amide bonds. The van der Waals surface area contributed by atoms with Gasteiger partial charge >= 0.3 is 138 Å². The van der Waals surface area contributed by atoms with Crippen molar-refractivity contribution in [3.05, 3.63) is 50.9 Å². The molecule has 1 heterocycles. The topological polar surface area (TPSA) is 53.8 Å². The number of amides is 1. The van der Waals surface area contributed by atoms with Gasteiger partial charge in [0.05, 0.1) is 0 Å². The van der Waals surface area contributed by atoms with E-state index >= 15 is 0 Å². The Morgan fingerprint density at radius 2 is 1.85 bits per heavy atom. The summed E-state index contributed by atoms with van der Waals surface area (Å²) < 4.78 is 10.3. The van der Waals surface area contributed by atoms with Gasteiger partial charge in [-0.2, -0.15) is 0 Å². The number of hydrogen-bond acceptors (Lipinski definition) is 3. The van der Waals surface area contributed by atoms with Crippen molar-refractivity contribution in [1.29, 1.82) is 0 Å². The molecule has 0 saturated heterocycles. The minimum absolute atomic E-state index is 0.109. The number of nitrogens with one attached hydrogen (secondary N) is 1. The number of benzene rings is 2. The summed E-state index contributed by atoms with van der Waals surface area (Å²) in [7, 11) is 0. The van der Waals surface area contributed by atoms with Gasteiger partial charge in [-0.25, -0.2) is 0 Å². The monoisotopic (exact) mass is 459 g/mol. The molecule has 0 bridgehead atoms. The Morgan fingerprint density at radius 1 is 1.10 bits per heavy atom. The predicted octanol–water partition coefficient (Wildman–Crippen LogP) is 4.81. The normalized spacial score (nSPS) is 11.9. The van der Waals surface area contributed by atoms with Crippen LogP contribution in [0.3, 0.4) is 0 Å². The molecule has 4 nitrogen and oxygen atoms in total. The van der Waals surface area contributed by atoms with E-state index in [4.69, 9.17) is 0 Å². The Hall–Kier alpha value is -1.01. The molecule has 0 spiro atoms. The van der Waals surface area contributed by atoms with Crippen LogP contribution in [0.25, 0.3) is 0 Å². The molecule has 0 unspecified atom stereocenters. The fraction of sp³-hybridized carbons (Fsp3) is 0. The summed E-state index contributed by atoms with van der Waals surface area (Å²) in [6, 6.07) is 11.0. The van der Waals surface area contributed by atoms with E-state index in [0.717, 1.165) is 20.3 Å². The Bertz CT molecular complexity index is 765. The molecular formula is C13H7Br2N3OSe. The van der Waals surface area contributed by atoms with Gasteiger partial charge in [0.2, 0.25) is 0 Å². The average molecular weight is 460 g/mol. The number of anilines is 1. The van der Waals surface area contributed by atoms with E-state index in [2.05, 4.69) is 45.1 Å². The molecule has 2 aromatic rings.